The van der Waals surface area contributed by atoms with E-state index in [1.54, 1.807) is 29.2 Å². The largest absolute Gasteiger partial charge is 0.459 e. The minimum absolute atomic E-state index is 0.193. The van der Waals surface area contributed by atoms with E-state index in [9.17, 15) is 13.2 Å². The number of nitrogens with zero attached hydrogens (tertiary/aromatic N) is 2. The van der Waals surface area contributed by atoms with Gasteiger partial charge in [0.2, 0.25) is 0 Å². The summed E-state index contributed by atoms with van der Waals surface area (Å²) in [5.41, 5.74) is 1.46. The number of likely N-dealkylation sites (tertiary alicyclic amines) is 1. The lowest BCUT2D eigenvalue weighted by molar-refractivity contribution is -0.149. The molecule has 6 nitrogen and oxygen atoms in total. The minimum atomic E-state index is -3.70. The molecule has 26 heavy (non-hydrogen) atoms. The lowest BCUT2D eigenvalue weighted by Gasteiger charge is -2.25. The van der Waals surface area contributed by atoms with Crippen molar-refractivity contribution in [3.05, 3.63) is 65.7 Å². The molecule has 0 bridgehead atoms. The maximum atomic E-state index is 12.6. The summed E-state index contributed by atoms with van der Waals surface area (Å²) in [4.78, 5) is 14.5. The van der Waals surface area contributed by atoms with E-state index in [1.165, 1.54) is 0 Å². The van der Waals surface area contributed by atoms with Gasteiger partial charge in [0.25, 0.3) is 10.0 Å². The van der Waals surface area contributed by atoms with Crippen molar-refractivity contribution in [3.63, 3.8) is 0 Å². The number of rotatable bonds is 3. The molecule has 0 aromatic heterocycles. The van der Waals surface area contributed by atoms with Crippen LogP contribution in [0.2, 0.25) is 0 Å². The lowest BCUT2D eigenvalue weighted by Crippen LogP contribution is -2.41. The van der Waals surface area contributed by atoms with Crippen LogP contribution in [0.3, 0.4) is 0 Å². The predicted octanol–water partition coefficient (Wildman–Crippen LogP) is 2.34. The molecular formula is C19H18N2O4S. The summed E-state index contributed by atoms with van der Waals surface area (Å²) in [5.74, 6) is -0.00408. The Hall–Kier alpha value is -2.67. The van der Waals surface area contributed by atoms with Gasteiger partial charge in [-0.15, -0.1) is 4.40 Å². The topological polar surface area (TPSA) is 76.0 Å². The molecule has 0 aliphatic carbocycles. The molecule has 4 rings (SSSR count). The fraction of sp³-hybridized carbons (Fsp3) is 0.263. The van der Waals surface area contributed by atoms with Gasteiger partial charge < -0.3 is 9.64 Å². The lowest BCUT2D eigenvalue weighted by atomic mass is 10.1. The van der Waals surface area contributed by atoms with E-state index in [-0.39, 0.29) is 17.5 Å². The van der Waals surface area contributed by atoms with Gasteiger partial charge in [-0.05, 0) is 30.5 Å². The molecule has 0 unspecified atom stereocenters. The van der Waals surface area contributed by atoms with Crippen LogP contribution in [0.25, 0.3) is 0 Å². The van der Waals surface area contributed by atoms with E-state index in [1.807, 2.05) is 30.3 Å². The van der Waals surface area contributed by atoms with Crippen molar-refractivity contribution >= 4 is 21.8 Å². The van der Waals surface area contributed by atoms with E-state index >= 15 is 0 Å². The van der Waals surface area contributed by atoms with E-state index in [0.717, 1.165) is 12.0 Å². The number of hydrogen-bond acceptors (Lipinski definition) is 5. The highest BCUT2D eigenvalue weighted by Gasteiger charge is 2.39. The highest BCUT2D eigenvalue weighted by atomic mass is 32.2. The molecule has 134 valence electrons. The normalized spacial score (nSPS) is 20.5. The summed E-state index contributed by atoms with van der Waals surface area (Å²) in [6, 6.07) is 15.7. The number of hydrogen-bond donors (Lipinski definition) is 0. The third kappa shape index (κ3) is 2.99. The maximum Gasteiger partial charge on any atom is 0.329 e. The number of sulfonamides is 1. The number of benzene rings is 2. The molecule has 2 aliphatic heterocycles. The Labute approximate surface area is 152 Å². The number of carbonyl (C=O) groups excluding carboxylic acids is 1. The SMILES string of the molecule is O=C(OCc1ccccc1)[C@@H]1CCCN1C1=NS(=O)(=O)c2ccccc21. The second kappa shape index (κ2) is 6.57. The molecule has 2 aromatic rings. The average Bonchev–Trinajstić information content (AvgIpc) is 3.24. The average molecular weight is 370 g/mol. The van der Waals surface area contributed by atoms with Gasteiger partial charge in [0, 0.05) is 12.1 Å². The van der Waals surface area contributed by atoms with Gasteiger partial charge >= 0.3 is 5.97 Å². The standard InChI is InChI=1S/C19H18N2O4S/c22-19(25-13-14-7-2-1-3-8-14)16-10-6-12-21(16)18-15-9-4-5-11-17(15)26(23,24)20-18/h1-5,7-9,11,16H,6,10,12-13H2/t16-/m0/s1. The second-order valence-corrected chi connectivity index (χ2v) is 7.90. The van der Waals surface area contributed by atoms with Crippen LogP contribution in [0.15, 0.2) is 63.9 Å². The first-order valence-electron chi connectivity index (χ1n) is 8.48. The summed E-state index contributed by atoms with van der Waals surface area (Å²) in [5, 5.41) is 0. The quantitative estimate of drug-likeness (QED) is 0.775. The van der Waals surface area contributed by atoms with Crippen LogP contribution in [-0.4, -0.2) is 37.7 Å². The van der Waals surface area contributed by atoms with Gasteiger partial charge in [0.1, 0.15) is 17.5 Å². The van der Waals surface area contributed by atoms with Crippen molar-refractivity contribution in [2.45, 2.75) is 30.4 Å². The molecule has 0 N–H and O–H groups in total. The first kappa shape index (κ1) is 16.8. The van der Waals surface area contributed by atoms with Gasteiger partial charge in [-0.3, -0.25) is 0 Å². The number of ether oxygens (including phenoxy) is 1. The zero-order valence-corrected chi connectivity index (χ0v) is 14.9. The highest BCUT2D eigenvalue weighted by molar-refractivity contribution is 7.90. The third-order valence-electron chi connectivity index (χ3n) is 4.63. The van der Waals surface area contributed by atoms with Gasteiger partial charge in [-0.2, -0.15) is 8.42 Å². The van der Waals surface area contributed by atoms with Crippen molar-refractivity contribution in [1.29, 1.82) is 0 Å². The maximum absolute atomic E-state index is 12.6. The number of esters is 1. The van der Waals surface area contributed by atoms with Crippen LogP contribution < -0.4 is 0 Å². The summed E-state index contributed by atoms with van der Waals surface area (Å²) in [6.45, 7) is 0.777. The third-order valence-corrected chi connectivity index (χ3v) is 5.96. The van der Waals surface area contributed by atoms with E-state index < -0.39 is 16.1 Å². The first-order chi connectivity index (χ1) is 12.6. The van der Waals surface area contributed by atoms with Crippen molar-refractivity contribution < 1.29 is 17.9 Å². The van der Waals surface area contributed by atoms with Crippen molar-refractivity contribution in [1.82, 2.24) is 4.90 Å². The van der Waals surface area contributed by atoms with Crippen molar-refractivity contribution in [2.75, 3.05) is 6.54 Å². The van der Waals surface area contributed by atoms with E-state index in [2.05, 4.69) is 4.40 Å². The van der Waals surface area contributed by atoms with Crippen LogP contribution in [0, 0.1) is 0 Å². The van der Waals surface area contributed by atoms with Gasteiger partial charge in [-0.25, -0.2) is 4.79 Å². The summed E-state index contributed by atoms with van der Waals surface area (Å²) in [7, 11) is -3.70. The number of amidine groups is 1. The first-order valence-corrected chi connectivity index (χ1v) is 9.92. The Morgan fingerprint density at radius 3 is 2.65 bits per heavy atom. The van der Waals surface area contributed by atoms with Crippen LogP contribution in [0.4, 0.5) is 0 Å². The van der Waals surface area contributed by atoms with Crippen molar-refractivity contribution in [3.8, 4) is 0 Å². The summed E-state index contributed by atoms with van der Waals surface area (Å²) in [6.07, 6.45) is 1.40. The number of fused-ring (bicyclic) bond motifs is 1. The molecule has 0 radical (unpaired) electrons. The Bertz CT molecular complexity index is 970. The Kier molecular flexibility index (Phi) is 4.24. The van der Waals surface area contributed by atoms with Crippen LogP contribution in [0.5, 0.6) is 0 Å². The molecular weight excluding hydrogens is 352 g/mol. The van der Waals surface area contributed by atoms with Gasteiger partial charge in [0.05, 0.1) is 0 Å². The monoisotopic (exact) mass is 370 g/mol. The molecule has 2 aromatic carbocycles. The molecule has 2 aliphatic rings. The second-order valence-electron chi connectivity index (χ2n) is 6.33. The molecule has 1 fully saturated rings. The molecule has 0 amide bonds. The highest BCUT2D eigenvalue weighted by Crippen LogP contribution is 2.31. The zero-order valence-electron chi connectivity index (χ0n) is 14.0. The van der Waals surface area contributed by atoms with E-state index in [0.29, 0.717) is 24.4 Å². The van der Waals surface area contributed by atoms with Crippen molar-refractivity contribution in [2.24, 2.45) is 4.40 Å². The van der Waals surface area contributed by atoms with Gasteiger partial charge in [-0.1, -0.05) is 42.5 Å². The van der Waals surface area contributed by atoms with Crippen LogP contribution in [-0.2, 0) is 26.2 Å². The minimum Gasteiger partial charge on any atom is -0.459 e. The molecule has 0 saturated carbocycles. The Balaban J connectivity index is 1.55. The fourth-order valence-electron chi connectivity index (χ4n) is 3.39. The summed E-state index contributed by atoms with van der Waals surface area (Å²) >= 11 is 0. The smallest absolute Gasteiger partial charge is 0.329 e. The molecule has 0 spiro atoms. The molecule has 1 saturated heterocycles. The Morgan fingerprint density at radius 2 is 1.85 bits per heavy atom. The van der Waals surface area contributed by atoms with Gasteiger partial charge in [0.15, 0.2) is 5.84 Å². The zero-order chi connectivity index (χ0) is 18.1. The molecule has 2 heterocycles. The Morgan fingerprint density at radius 1 is 1.12 bits per heavy atom. The van der Waals surface area contributed by atoms with Crippen LogP contribution in [0.1, 0.15) is 24.0 Å². The summed E-state index contributed by atoms with van der Waals surface area (Å²) < 4.78 is 33.9. The van der Waals surface area contributed by atoms with Crippen LogP contribution >= 0.6 is 0 Å². The predicted molar refractivity (Wildman–Crippen MR) is 96.1 cm³/mol. The molecule has 7 heteroatoms. The fourth-order valence-corrected chi connectivity index (χ4v) is 4.60. The van der Waals surface area contributed by atoms with E-state index in [4.69, 9.17) is 4.74 Å². The number of carbonyl (C=O) groups is 1. The molecule has 1 atom stereocenters.